The third-order valence-corrected chi connectivity index (χ3v) is 5.48. The largest absolute Gasteiger partial charge is 0.505 e. The van der Waals surface area contributed by atoms with Crippen molar-refractivity contribution in [3.8, 4) is 11.5 Å². The molecule has 4 aromatic carbocycles. The van der Waals surface area contributed by atoms with Crippen molar-refractivity contribution in [3.63, 3.8) is 0 Å². The summed E-state index contributed by atoms with van der Waals surface area (Å²) in [4.78, 5) is 25.1. The van der Waals surface area contributed by atoms with Gasteiger partial charge in [0.15, 0.2) is 5.75 Å². The third kappa shape index (κ3) is 5.07. The minimum Gasteiger partial charge on any atom is -0.505 e. The number of ether oxygens (including phenoxy) is 1. The SMILES string of the molecule is CNC(=O)c1ccc(OC)c(N=Nc2c(O)c(C(=O)Nc3cccc(Cl)c3)cc3ccccc23)c1. The number of azo groups is 1. The quantitative estimate of drug-likeness (QED) is 0.279. The second-order valence-electron chi connectivity index (χ2n) is 7.47. The van der Waals surface area contributed by atoms with E-state index in [0.717, 1.165) is 0 Å². The van der Waals surface area contributed by atoms with Crippen LogP contribution in [0, 0.1) is 0 Å². The molecule has 0 bridgehead atoms. The zero-order valence-corrected chi connectivity index (χ0v) is 19.6. The Balaban J connectivity index is 1.79. The number of rotatable bonds is 6. The lowest BCUT2D eigenvalue weighted by Crippen LogP contribution is -2.17. The van der Waals surface area contributed by atoms with Crippen LogP contribution in [-0.4, -0.2) is 31.1 Å². The number of fused-ring (bicyclic) bond motifs is 1. The summed E-state index contributed by atoms with van der Waals surface area (Å²) in [6.07, 6.45) is 0. The highest BCUT2D eigenvalue weighted by Gasteiger charge is 2.19. The van der Waals surface area contributed by atoms with E-state index in [4.69, 9.17) is 16.3 Å². The average Bonchev–Trinajstić information content (AvgIpc) is 2.87. The average molecular weight is 489 g/mol. The number of amides is 2. The molecule has 35 heavy (non-hydrogen) atoms. The number of carbonyl (C=O) groups excluding carboxylic acids is 2. The van der Waals surface area contributed by atoms with Gasteiger partial charge in [0, 0.05) is 28.7 Å². The molecule has 9 heteroatoms. The second kappa shape index (κ2) is 10.2. The summed E-state index contributed by atoms with van der Waals surface area (Å²) >= 11 is 6.01. The molecule has 4 rings (SSSR count). The van der Waals surface area contributed by atoms with Gasteiger partial charge in [-0.25, -0.2) is 0 Å². The Kier molecular flexibility index (Phi) is 6.93. The van der Waals surface area contributed by atoms with Crippen LogP contribution in [0.25, 0.3) is 10.8 Å². The van der Waals surface area contributed by atoms with Crippen LogP contribution in [-0.2, 0) is 0 Å². The predicted molar refractivity (Wildman–Crippen MR) is 136 cm³/mol. The molecule has 0 unspecified atom stereocenters. The Morgan fingerprint density at radius 2 is 1.74 bits per heavy atom. The maximum atomic E-state index is 13.0. The summed E-state index contributed by atoms with van der Waals surface area (Å²) in [5, 5.41) is 26.6. The van der Waals surface area contributed by atoms with Crippen molar-refractivity contribution >= 4 is 51.2 Å². The Morgan fingerprint density at radius 1 is 0.943 bits per heavy atom. The minimum absolute atomic E-state index is 0.0173. The number of carbonyl (C=O) groups is 2. The van der Waals surface area contributed by atoms with Crippen molar-refractivity contribution in [2.45, 2.75) is 0 Å². The third-order valence-electron chi connectivity index (χ3n) is 5.25. The molecule has 0 heterocycles. The Labute approximate surface area is 206 Å². The normalized spacial score (nSPS) is 10.9. The number of nitrogens with zero attached hydrogens (tertiary/aromatic N) is 2. The van der Waals surface area contributed by atoms with Crippen LogP contribution in [0.4, 0.5) is 17.1 Å². The smallest absolute Gasteiger partial charge is 0.259 e. The molecule has 0 saturated carbocycles. The molecule has 0 spiro atoms. The molecular weight excluding hydrogens is 468 g/mol. The molecule has 3 N–H and O–H groups in total. The number of hydrogen-bond acceptors (Lipinski definition) is 6. The van der Waals surface area contributed by atoms with Gasteiger partial charge in [-0.1, -0.05) is 41.9 Å². The van der Waals surface area contributed by atoms with Gasteiger partial charge in [-0.05, 0) is 47.9 Å². The lowest BCUT2D eigenvalue weighted by Gasteiger charge is -2.11. The number of hydrogen-bond donors (Lipinski definition) is 3. The number of benzene rings is 4. The molecule has 0 fully saturated rings. The van der Waals surface area contributed by atoms with Gasteiger partial charge in [0.05, 0.1) is 12.7 Å². The molecule has 0 aliphatic heterocycles. The van der Waals surface area contributed by atoms with Crippen LogP contribution in [0.2, 0.25) is 5.02 Å². The molecule has 8 nitrogen and oxygen atoms in total. The standard InChI is InChI=1S/C26H21ClN4O4/c1-28-25(33)16-10-11-22(35-2)21(13-16)30-31-23-19-9-4-3-6-15(19)12-20(24(23)32)26(34)29-18-8-5-7-17(27)14-18/h3-14,32H,1-2H3,(H,28,33)(H,29,34). The van der Waals surface area contributed by atoms with Gasteiger partial charge in [0.25, 0.3) is 11.8 Å². The number of phenols is 1. The summed E-state index contributed by atoms with van der Waals surface area (Å²) in [6.45, 7) is 0. The first-order chi connectivity index (χ1) is 16.9. The van der Waals surface area contributed by atoms with Crippen molar-refractivity contribution in [2.75, 3.05) is 19.5 Å². The van der Waals surface area contributed by atoms with E-state index in [0.29, 0.717) is 32.8 Å². The zero-order valence-electron chi connectivity index (χ0n) is 18.9. The first-order valence-electron chi connectivity index (χ1n) is 10.5. The second-order valence-corrected chi connectivity index (χ2v) is 7.91. The number of nitrogens with one attached hydrogen (secondary N) is 2. The van der Waals surface area contributed by atoms with Crippen LogP contribution < -0.4 is 15.4 Å². The highest BCUT2D eigenvalue weighted by atomic mass is 35.5. The molecule has 176 valence electrons. The molecule has 2 amide bonds. The van der Waals surface area contributed by atoms with E-state index in [1.807, 2.05) is 6.07 Å². The molecule has 0 radical (unpaired) electrons. The van der Waals surface area contributed by atoms with Gasteiger partial charge in [0.1, 0.15) is 17.1 Å². The van der Waals surface area contributed by atoms with Crippen molar-refractivity contribution in [2.24, 2.45) is 10.2 Å². The van der Waals surface area contributed by atoms with E-state index in [1.165, 1.54) is 20.2 Å². The first-order valence-corrected chi connectivity index (χ1v) is 10.9. The molecule has 0 aliphatic rings. The lowest BCUT2D eigenvalue weighted by molar-refractivity contribution is 0.0962. The van der Waals surface area contributed by atoms with Crippen molar-refractivity contribution in [1.29, 1.82) is 0 Å². The molecule has 4 aromatic rings. The van der Waals surface area contributed by atoms with E-state index in [-0.39, 0.29) is 28.6 Å². The summed E-state index contributed by atoms with van der Waals surface area (Å²) < 4.78 is 5.33. The van der Waals surface area contributed by atoms with Crippen LogP contribution in [0.15, 0.2) is 83.0 Å². The van der Waals surface area contributed by atoms with Crippen LogP contribution in [0.5, 0.6) is 11.5 Å². The molecule has 0 atom stereocenters. The van der Waals surface area contributed by atoms with Crippen molar-refractivity contribution in [3.05, 3.63) is 88.9 Å². The maximum Gasteiger partial charge on any atom is 0.259 e. The van der Waals surface area contributed by atoms with Gasteiger partial charge in [-0.3, -0.25) is 9.59 Å². The van der Waals surface area contributed by atoms with E-state index in [2.05, 4.69) is 20.9 Å². The monoisotopic (exact) mass is 488 g/mol. The van der Waals surface area contributed by atoms with Crippen LogP contribution >= 0.6 is 11.6 Å². The highest BCUT2D eigenvalue weighted by molar-refractivity contribution is 6.31. The van der Waals surface area contributed by atoms with Crippen LogP contribution in [0.1, 0.15) is 20.7 Å². The first kappa shape index (κ1) is 23.7. The summed E-state index contributed by atoms with van der Waals surface area (Å²) in [7, 11) is 3.00. The van der Waals surface area contributed by atoms with E-state index in [9.17, 15) is 14.7 Å². The van der Waals surface area contributed by atoms with E-state index in [1.54, 1.807) is 60.7 Å². The predicted octanol–water partition coefficient (Wildman–Crippen LogP) is 6.23. The number of aromatic hydroxyl groups is 1. The van der Waals surface area contributed by atoms with Gasteiger partial charge >= 0.3 is 0 Å². The fourth-order valence-corrected chi connectivity index (χ4v) is 3.70. The van der Waals surface area contributed by atoms with Gasteiger partial charge in [0.2, 0.25) is 0 Å². The summed E-state index contributed by atoms with van der Waals surface area (Å²) in [5.74, 6) is -0.781. The topological polar surface area (TPSA) is 112 Å². The van der Waals surface area contributed by atoms with Gasteiger partial charge < -0.3 is 20.5 Å². The van der Waals surface area contributed by atoms with Crippen molar-refractivity contribution < 1.29 is 19.4 Å². The van der Waals surface area contributed by atoms with E-state index < -0.39 is 5.91 Å². The Morgan fingerprint density at radius 3 is 2.49 bits per heavy atom. The number of halogens is 1. The number of methoxy groups -OCH3 is 1. The Bertz CT molecular complexity index is 1470. The summed E-state index contributed by atoms with van der Waals surface area (Å²) in [6, 6.07) is 20.2. The fourth-order valence-electron chi connectivity index (χ4n) is 3.51. The molecule has 0 aliphatic carbocycles. The molecular formula is C26H21ClN4O4. The maximum absolute atomic E-state index is 13.0. The molecule has 0 aromatic heterocycles. The minimum atomic E-state index is -0.536. The van der Waals surface area contributed by atoms with Crippen molar-refractivity contribution in [1.82, 2.24) is 5.32 Å². The van der Waals surface area contributed by atoms with E-state index >= 15 is 0 Å². The zero-order chi connectivity index (χ0) is 24.9. The highest BCUT2D eigenvalue weighted by Crippen LogP contribution is 2.40. The lowest BCUT2D eigenvalue weighted by atomic mass is 10.0. The van der Waals surface area contributed by atoms with Gasteiger partial charge in [-0.15, -0.1) is 10.2 Å². The number of phenolic OH excluding ortho intramolecular Hbond substituents is 1. The Hall–Kier alpha value is -4.43. The fraction of sp³-hybridized carbons (Fsp3) is 0.0769. The summed E-state index contributed by atoms with van der Waals surface area (Å²) in [5.41, 5.74) is 1.25. The molecule has 0 saturated heterocycles. The van der Waals surface area contributed by atoms with Gasteiger partial charge in [-0.2, -0.15) is 0 Å². The number of anilines is 1. The van der Waals surface area contributed by atoms with Crippen LogP contribution in [0.3, 0.4) is 0 Å².